The van der Waals surface area contributed by atoms with Crippen LogP contribution in [-0.4, -0.2) is 12.0 Å². The first-order valence-electron chi connectivity index (χ1n) is 4.36. The summed E-state index contributed by atoms with van der Waals surface area (Å²) in [4.78, 5) is 5.91. The van der Waals surface area contributed by atoms with Crippen LogP contribution in [0, 0.1) is 43.1 Å². The van der Waals surface area contributed by atoms with E-state index in [0.717, 1.165) is 11.4 Å². The Morgan fingerprint density at radius 3 is 2.67 bits per heavy atom. The number of terminal acetylenes is 1. The van der Waals surface area contributed by atoms with Crippen molar-refractivity contribution in [1.82, 2.24) is 4.98 Å². The minimum atomic E-state index is 0.926. The Balaban J connectivity index is 2.76. The van der Waals surface area contributed by atoms with Crippen molar-refractivity contribution in [3.8, 4) is 36.1 Å². The van der Waals surface area contributed by atoms with E-state index in [1.54, 1.807) is 11.1 Å². The van der Waals surface area contributed by atoms with Crippen molar-refractivity contribution < 1.29 is 0 Å². The summed E-state index contributed by atoms with van der Waals surface area (Å²) in [5.74, 6) is 9.80. The van der Waals surface area contributed by atoms with Crippen molar-refractivity contribution in [2.24, 2.45) is 0 Å². The Bertz CT molecular complexity index is 484. The minimum absolute atomic E-state index is 0.926. The van der Waals surface area contributed by atoms with E-state index in [-0.39, 0.29) is 0 Å². The van der Waals surface area contributed by atoms with Crippen LogP contribution in [0.4, 0.5) is 5.69 Å². The molecule has 1 aromatic rings. The van der Waals surface area contributed by atoms with Crippen molar-refractivity contribution in [3.63, 3.8) is 0 Å². The van der Waals surface area contributed by atoms with E-state index in [4.69, 9.17) is 6.42 Å². The average molecular weight is 194 g/mol. The highest BCUT2D eigenvalue weighted by Gasteiger charge is 1.95. The lowest BCUT2D eigenvalue weighted by atomic mass is 10.3. The molecule has 0 saturated heterocycles. The van der Waals surface area contributed by atoms with E-state index < -0.39 is 0 Å². The lowest BCUT2D eigenvalue weighted by Gasteiger charge is -2.09. The third-order valence-corrected chi connectivity index (χ3v) is 1.70. The van der Waals surface area contributed by atoms with Crippen molar-refractivity contribution in [2.45, 2.75) is 6.92 Å². The van der Waals surface area contributed by atoms with Gasteiger partial charge in [0.1, 0.15) is 0 Å². The number of nitrogens with zero attached hydrogens (tertiary/aromatic N) is 2. The highest BCUT2D eigenvalue weighted by Crippen LogP contribution is 2.09. The molecule has 0 spiro atoms. The summed E-state index contributed by atoms with van der Waals surface area (Å²) in [5.41, 5.74) is 1.91. The summed E-state index contributed by atoms with van der Waals surface area (Å²) in [5, 5.41) is 0. The standard InChI is InChI=1S/C13H10N2/c1-4-5-6-7-10-15(3)13-9-8-12(2)14-11-13/h1,8-9,11H,2-3H3. The quantitative estimate of drug-likeness (QED) is 0.496. The van der Waals surface area contributed by atoms with Crippen LogP contribution in [0.3, 0.4) is 0 Å². The molecule has 0 fully saturated rings. The van der Waals surface area contributed by atoms with Crippen molar-refractivity contribution >= 4 is 5.69 Å². The summed E-state index contributed by atoms with van der Waals surface area (Å²) < 4.78 is 0. The van der Waals surface area contributed by atoms with Crippen molar-refractivity contribution in [2.75, 3.05) is 11.9 Å². The maximum Gasteiger partial charge on any atom is 0.0669 e. The predicted molar refractivity (Wildman–Crippen MR) is 61.8 cm³/mol. The van der Waals surface area contributed by atoms with Gasteiger partial charge in [0, 0.05) is 30.6 Å². The van der Waals surface area contributed by atoms with Gasteiger partial charge in [-0.05, 0) is 30.9 Å². The van der Waals surface area contributed by atoms with Crippen LogP contribution >= 0.6 is 0 Å². The van der Waals surface area contributed by atoms with Crippen LogP contribution < -0.4 is 4.90 Å². The molecule has 2 heteroatoms. The van der Waals surface area contributed by atoms with Crippen LogP contribution in [0.1, 0.15) is 5.69 Å². The van der Waals surface area contributed by atoms with Gasteiger partial charge < -0.3 is 4.90 Å². The normalized spacial score (nSPS) is 7.53. The number of aromatic nitrogens is 1. The molecule has 0 unspecified atom stereocenters. The fourth-order valence-corrected chi connectivity index (χ4v) is 0.902. The second kappa shape index (κ2) is 5.38. The van der Waals surface area contributed by atoms with Gasteiger partial charge >= 0.3 is 0 Å². The van der Waals surface area contributed by atoms with Gasteiger partial charge in [-0.25, -0.2) is 0 Å². The van der Waals surface area contributed by atoms with Gasteiger partial charge in [-0.2, -0.15) is 0 Å². The Kier molecular flexibility index (Phi) is 3.84. The largest absolute Gasteiger partial charge is 0.302 e. The Hall–Kier alpha value is -2.37. The number of aryl methyl sites for hydroxylation is 1. The molecule has 2 nitrogen and oxygen atoms in total. The molecule has 0 aliphatic carbocycles. The second-order valence-electron chi connectivity index (χ2n) is 2.85. The Morgan fingerprint density at radius 2 is 2.07 bits per heavy atom. The molecule has 0 aliphatic rings. The maximum atomic E-state index is 4.96. The number of anilines is 1. The van der Waals surface area contributed by atoms with Gasteiger partial charge in [0.2, 0.25) is 0 Å². The zero-order valence-corrected chi connectivity index (χ0v) is 8.70. The number of pyridine rings is 1. The number of hydrogen-bond donors (Lipinski definition) is 0. The molecule has 0 radical (unpaired) electrons. The molecule has 1 rings (SSSR count). The van der Waals surface area contributed by atoms with E-state index in [2.05, 4.69) is 34.7 Å². The van der Waals surface area contributed by atoms with E-state index in [9.17, 15) is 0 Å². The summed E-state index contributed by atoms with van der Waals surface area (Å²) in [7, 11) is 1.84. The zero-order chi connectivity index (χ0) is 11.1. The predicted octanol–water partition coefficient (Wildman–Crippen LogP) is 1.42. The number of hydrogen-bond acceptors (Lipinski definition) is 2. The molecule has 0 saturated carbocycles. The molecule has 72 valence electrons. The lowest BCUT2D eigenvalue weighted by Crippen LogP contribution is -2.08. The minimum Gasteiger partial charge on any atom is -0.302 e. The second-order valence-corrected chi connectivity index (χ2v) is 2.85. The van der Waals surface area contributed by atoms with E-state index in [0.29, 0.717) is 0 Å². The van der Waals surface area contributed by atoms with Crippen LogP contribution in [0.2, 0.25) is 0 Å². The molecule has 15 heavy (non-hydrogen) atoms. The van der Waals surface area contributed by atoms with Crippen LogP contribution in [-0.2, 0) is 0 Å². The zero-order valence-electron chi connectivity index (χ0n) is 8.70. The molecule has 0 aliphatic heterocycles. The summed E-state index contributed by atoms with van der Waals surface area (Å²) in [6.45, 7) is 1.94. The van der Waals surface area contributed by atoms with Gasteiger partial charge in [-0.1, -0.05) is 0 Å². The highest BCUT2D eigenvalue weighted by atomic mass is 15.1. The van der Waals surface area contributed by atoms with Gasteiger partial charge in [0.15, 0.2) is 0 Å². The summed E-state index contributed by atoms with van der Waals surface area (Å²) >= 11 is 0. The number of rotatable bonds is 1. The Labute approximate surface area is 90.3 Å². The van der Waals surface area contributed by atoms with E-state index >= 15 is 0 Å². The van der Waals surface area contributed by atoms with Crippen LogP contribution in [0.15, 0.2) is 18.3 Å². The molecular weight excluding hydrogens is 184 g/mol. The van der Waals surface area contributed by atoms with E-state index in [1.165, 1.54) is 0 Å². The maximum absolute atomic E-state index is 4.96. The van der Waals surface area contributed by atoms with E-state index in [1.807, 2.05) is 26.1 Å². The van der Waals surface area contributed by atoms with Crippen LogP contribution in [0.25, 0.3) is 0 Å². The smallest absolute Gasteiger partial charge is 0.0669 e. The highest BCUT2D eigenvalue weighted by molar-refractivity contribution is 5.50. The Morgan fingerprint density at radius 1 is 1.27 bits per heavy atom. The van der Waals surface area contributed by atoms with Crippen LogP contribution in [0.5, 0.6) is 0 Å². The molecule has 0 aromatic carbocycles. The summed E-state index contributed by atoms with van der Waals surface area (Å²) in [6, 6.07) is 6.71. The molecule has 0 amide bonds. The topological polar surface area (TPSA) is 16.1 Å². The molecule has 0 bridgehead atoms. The van der Waals surface area contributed by atoms with Crippen molar-refractivity contribution in [3.05, 3.63) is 24.0 Å². The fraction of sp³-hybridized carbons (Fsp3) is 0.154. The third-order valence-electron chi connectivity index (χ3n) is 1.70. The lowest BCUT2D eigenvalue weighted by molar-refractivity contribution is 1.15. The third kappa shape index (κ3) is 3.47. The van der Waals surface area contributed by atoms with Gasteiger partial charge in [-0.3, -0.25) is 4.98 Å². The first-order valence-corrected chi connectivity index (χ1v) is 4.36. The molecule has 0 N–H and O–H groups in total. The SMILES string of the molecule is C#CC#CC#CN(C)c1ccc(C)nc1. The molecular formula is C13H10N2. The average Bonchev–Trinajstić information content (AvgIpc) is 2.25. The fourth-order valence-electron chi connectivity index (χ4n) is 0.902. The molecule has 0 atom stereocenters. The molecule has 1 aromatic heterocycles. The molecule has 1 heterocycles. The van der Waals surface area contributed by atoms with Gasteiger partial charge in [0.05, 0.1) is 11.9 Å². The first-order chi connectivity index (χ1) is 7.24. The van der Waals surface area contributed by atoms with Gasteiger partial charge in [0.25, 0.3) is 0 Å². The monoisotopic (exact) mass is 194 g/mol. The van der Waals surface area contributed by atoms with Crippen molar-refractivity contribution in [1.29, 1.82) is 0 Å². The van der Waals surface area contributed by atoms with Gasteiger partial charge in [-0.15, -0.1) is 6.42 Å². The summed E-state index contributed by atoms with van der Waals surface area (Å²) in [6.07, 6.45) is 6.72. The first kappa shape index (κ1) is 10.7.